The molecule has 4 heteroatoms. The van der Waals surface area contributed by atoms with Crippen molar-refractivity contribution in [3.05, 3.63) is 64.7 Å². The highest BCUT2D eigenvalue weighted by Crippen LogP contribution is 2.28. The second kappa shape index (κ2) is 6.11. The van der Waals surface area contributed by atoms with Crippen LogP contribution in [0.5, 0.6) is 0 Å². The molecule has 0 spiro atoms. The molecule has 2 rings (SSSR count). The van der Waals surface area contributed by atoms with Crippen LogP contribution in [0.4, 0.5) is 0 Å². The smallest absolute Gasteiger partial charge is 0.171 e. The van der Waals surface area contributed by atoms with E-state index in [2.05, 4.69) is 57.1 Å². The van der Waals surface area contributed by atoms with E-state index in [0.29, 0.717) is 4.90 Å². The fourth-order valence-electron chi connectivity index (χ4n) is 2.60. The summed E-state index contributed by atoms with van der Waals surface area (Å²) in [5.74, 6) is 0. The highest BCUT2D eigenvalue weighted by molar-refractivity contribution is 8.29. The zero-order chi connectivity index (χ0) is 16.5. The predicted molar refractivity (Wildman–Crippen MR) is 95.5 cm³/mol. The highest BCUT2D eigenvalue weighted by Gasteiger charge is 2.18. The average Bonchev–Trinajstić information content (AvgIpc) is 2.36. The lowest BCUT2D eigenvalue weighted by molar-refractivity contribution is 0.561. The third-order valence-electron chi connectivity index (χ3n) is 3.68. The van der Waals surface area contributed by atoms with Crippen LogP contribution in [0.15, 0.2) is 47.4 Å². The first kappa shape index (κ1) is 17.1. The Morgan fingerprint density at radius 3 is 2.18 bits per heavy atom. The van der Waals surface area contributed by atoms with Gasteiger partial charge < -0.3 is 4.55 Å². The molecule has 0 aliphatic carbocycles. The van der Waals surface area contributed by atoms with Gasteiger partial charge in [-0.25, -0.2) is 4.21 Å². The second-order valence-corrected chi connectivity index (χ2v) is 9.48. The first-order valence-corrected chi connectivity index (χ1v) is 9.68. The molecule has 0 aliphatic heterocycles. The molecule has 0 radical (unpaired) electrons. The Bertz CT molecular complexity index is 768. The lowest BCUT2D eigenvalue weighted by atomic mass is 9.81. The third kappa shape index (κ3) is 4.15. The SMILES string of the molecule is Cc1ccc(C(C)(C)C)c(Cc2ccc(S(=O)(O)=S)cc2)c1. The molecular formula is C18H22O2S2. The fraction of sp³-hybridized carbons (Fsp3) is 0.333. The molecule has 1 unspecified atom stereocenters. The Hall–Kier alpha value is -1.23. The molecule has 0 saturated heterocycles. The number of benzene rings is 2. The minimum Gasteiger partial charge on any atom is -0.302 e. The van der Waals surface area contributed by atoms with Crippen LogP contribution in [-0.2, 0) is 31.8 Å². The van der Waals surface area contributed by atoms with Crippen LogP contribution in [-0.4, -0.2) is 8.76 Å². The summed E-state index contributed by atoms with van der Waals surface area (Å²) < 4.78 is 20.9. The Labute approximate surface area is 138 Å². The summed E-state index contributed by atoms with van der Waals surface area (Å²) in [6.45, 7) is 8.73. The molecule has 1 atom stereocenters. The van der Waals surface area contributed by atoms with Gasteiger partial charge in [-0.2, -0.15) is 0 Å². The van der Waals surface area contributed by atoms with Crippen LogP contribution >= 0.6 is 0 Å². The number of rotatable bonds is 3. The van der Waals surface area contributed by atoms with Gasteiger partial charge in [-0.3, -0.25) is 0 Å². The van der Waals surface area contributed by atoms with Crippen molar-refractivity contribution in [2.75, 3.05) is 0 Å². The van der Waals surface area contributed by atoms with E-state index in [9.17, 15) is 8.76 Å². The molecule has 0 saturated carbocycles. The summed E-state index contributed by atoms with van der Waals surface area (Å²) in [6, 6.07) is 13.6. The van der Waals surface area contributed by atoms with Crippen molar-refractivity contribution in [3.63, 3.8) is 0 Å². The van der Waals surface area contributed by atoms with E-state index < -0.39 is 8.77 Å². The molecule has 0 bridgehead atoms. The number of aryl methyl sites for hydroxylation is 1. The predicted octanol–water partition coefficient (Wildman–Crippen LogP) is 4.46. The van der Waals surface area contributed by atoms with Crippen LogP contribution in [0.1, 0.15) is 43.0 Å². The average molecular weight is 335 g/mol. The molecule has 2 aromatic rings. The van der Waals surface area contributed by atoms with Gasteiger partial charge in [0.1, 0.15) is 0 Å². The summed E-state index contributed by atoms with van der Waals surface area (Å²) in [7, 11) is -3.30. The number of hydrogen-bond donors (Lipinski definition) is 1. The van der Waals surface area contributed by atoms with Gasteiger partial charge in [-0.1, -0.05) is 56.7 Å². The van der Waals surface area contributed by atoms with Crippen molar-refractivity contribution in [2.45, 2.75) is 44.4 Å². The van der Waals surface area contributed by atoms with Crippen LogP contribution < -0.4 is 0 Å². The molecule has 2 nitrogen and oxygen atoms in total. The minimum atomic E-state index is -3.30. The van der Waals surface area contributed by atoms with Crippen molar-refractivity contribution in [1.29, 1.82) is 0 Å². The Balaban J connectivity index is 2.37. The van der Waals surface area contributed by atoms with Crippen molar-refractivity contribution in [1.82, 2.24) is 0 Å². The molecule has 118 valence electrons. The minimum absolute atomic E-state index is 0.0863. The zero-order valence-corrected chi connectivity index (χ0v) is 15.1. The molecule has 1 N–H and O–H groups in total. The van der Waals surface area contributed by atoms with Gasteiger partial charge in [0.05, 0.1) is 4.90 Å². The van der Waals surface area contributed by atoms with Crippen LogP contribution in [0.25, 0.3) is 0 Å². The van der Waals surface area contributed by atoms with E-state index in [1.165, 1.54) is 16.7 Å². The Morgan fingerprint density at radius 1 is 1.09 bits per heavy atom. The quantitative estimate of drug-likeness (QED) is 0.900. The van der Waals surface area contributed by atoms with Gasteiger partial charge in [-0.05, 0) is 47.6 Å². The topological polar surface area (TPSA) is 37.3 Å². The van der Waals surface area contributed by atoms with Gasteiger partial charge >= 0.3 is 0 Å². The van der Waals surface area contributed by atoms with Crippen LogP contribution in [0.3, 0.4) is 0 Å². The normalized spacial score (nSPS) is 14.6. The molecule has 2 aromatic carbocycles. The van der Waals surface area contributed by atoms with E-state index in [0.717, 1.165) is 12.0 Å². The van der Waals surface area contributed by atoms with E-state index in [4.69, 9.17) is 0 Å². The summed E-state index contributed by atoms with van der Waals surface area (Å²) in [5, 5.41) is 0. The van der Waals surface area contributed by atoms with E-state index in [1.54, 1.807) is 12.1 Å². The molecule has 22 heavy (non-hydrogen) atoms. The molecule has 0 amide bonds. The fourth-order valence-corrected chi connectivity index (χ4v) is 3.41. The monoisotopic (exact) mass is 334 g/mol. The van der Waals surface area contributed by atoms with Crippen LogP contribution in [0, 0.1) is 6.92 Å². The Morgan fingerprint density at radius 2 is 1.68 bits per heavy atom. The van der Waals surface area contributed by atoms with Crippen LogP contribution in [0.2, 0.25) is 0 Å². The molecule has 0 aromatic heterocycles. The zero-order valence-electron chi connectivity index (χ0n) is 13.4. The third-order valence-corrected chi connectivity index (χ3v) is 5.13. The summed E-state index contributed by atoms with van der Waals surface area (Å²) in [6.07, 6.45) is 0.804. The van der Waals surface area contributed by atoms with Gasteiger partial charge in [0.25, 0.3) is 0 Å². The Kier molecular flexibility index (Phi) is 4.76. The summed E-state index contributed by atoms with van der Waals surface area (Å²) in [4.78, 5) is 0.298. The first-order valence-electron chi connectivity index (χ1n) is 7.24. The van der Waals surface area contributed by atoms with Gasteiger partial charge in [0, 0.05) is 11.2 Å². The summed E-state index contributed by atoms with van der Waals surface area (Å²) in [5.41, 5.74) is 5.06. The van der Waals surface area contributed by atoms with E-state index in [-0.39, 0.29) is 5.41 Å². The second-order valence-electron chi connectivity index (χ2n) is 6.71. The standard InChI is InChI=1S/C18H22O2S2/c1-13-5-10-17(18(2,3)4)15(11-13)12-14-6-8-16(9-7-14)22(19,20)21/h5-11H,12H2,1-4H3,(H,19,20,21). The number of hydrogen-bond acceptors (Lipinski definition) is 2. The van der Waals surface area contributed by atoms with Gasteiger partial charge in [-0.15, -0.1) is 0 Å². The largest absolute Gasteiger partial charge is 0.302 e. The maximum Gasteiger partial charge on any atom is 0.171 e. The first-order chi connectivity index (χ1) is 10.1. The van der Waals surface area contributed by atoms with Crippen molar-refractivity contribution in [3.8, 4) is 0 Å². The highest BCUT2D eigenvalue weighted by atomic mass is 32.8. The van der Waals surface area contributed by atoms with Gasteiger partial charge in [0.2, 0.25) is 0 Å². The maximum absolute atomic E-state index is 11.5. The molecular weight excluding hydrogens is 312 g/mol. The van der Waals surface area contributed by atoms with Gasteiger partial charge in [0.15, 0.2) is 8.77 Å². The van der Waals surface area contributed by atoms with E-state index >= 15 is 0 Å². The molecule has 0 heterocycles. The maximum atomic E-state index is 11.5. The molecule has 0 fully saturated rings. The van der Waals surface area contributed by atoms with Crippen molar-refractivity contribution >= 4 is 20.0 Å². The lowest BCUT2D eigenvalue weighted by Gasteiger charge is -2.23. The lowest BCUT2D eigenvalue weighted by Crippen LogP contribution is -2.14. The molecule has 0 aliphatic rings. The summed E-state index contributed by atoms with van der Waals surface area (Å²) >= 11 is 4.59. The van der Waals surface area contributed by atoms with Crippen molar-refractivity contribution < 1.29 is 8.76 Å². The van der Waals surface area contributed by atoms with E-state index in [1.807, 2.05) is 12.1 Å². The van der Waals surface area contributed by atoms with Crippen molar-refractivity contribution in [2.24, 2.45) is 0 Å².